The molecule has 0 saturated heterocycles. The highest BCUT2D eigenvalue weighted by atomic mass is 127. The predicted molar refractivity (Wildman–Crippen MR) is 60.3 cm³/mol. The highest BCUT2D eigenvalue weighted by Crippen LogP contribution is 2.21. The van der Waals surface area contributed by atoms with E-state index in [1.807, 2.05) is 18.2 Å². The normalized spacial score (nSPS) is 10.1. The lowest BCUT2D eigenvalue weighted by atomic mass is 10.2. The van der Waals surface area contributed by atoms with Gasteiger partial charge in [-0.3, -0.25) is 0 Å². The Bertz CT molecular complexity index is 369. The topological polar surface area (TPSA) is 12.9 Å². The van der Waals surface area contributed by atoms with E-state index in [2.05, 4.69) is 45.1 Å². The van der Waals surface area contributed by atoms with Gasteiger partial charge >= 0.3 is 0 Å². The SMILES string of the molecule is Ic1nc(-c2ccccc2)cs1. The molecule has 2 rings (SSSR count). The molecule has 0 saturated carbocycles. The van der Waals surface area contributed by atoms with E-state index in [1.54, 1.807) is 11.3 Å². The second-order valence-electron chi connectivity index (χ2n) is 2.35. The lowest BCUT2D eigenvalue weighted by Crippen LogP contribution is -1.75. The monoisotopic (exact) mass is 287 g/mol. The van der Waals surface area contributed by atoms with Crippen molar-refractivity contribution in [1.29, 1.82) is 0 Å². The van der Waals surface area contributed by atoms with Gasteiger partial charge in [0.2, 0.25) is 0 Å². The van der Waals surface area contributed by atoms with Crippen LogP contribution in [0.15, 0.2) is 35.7 Å². The summed E-state index contributed by atoms with van der Waals surface area (Å²) in [5.74, 6) is 0. The van der Waals surface area contributed by atoms with Gasteiger partial charge in [-0.1, -0.05) is 30.3 Å². The van der Waals surface area contributed by atoms with Gasteiger partial charge in [-0.15, -0.1) is 11.3 Å². The number of halogens is 1. The van der Waals surface area contributed by atoms with Crippen LogP contribution >= 0.6 is 33.9 Å². The Labute approximate surface area is 88.6 Å². The summed E-state index contributed by atoms with van der Waals surface area (Å²) in [7, 11) is 0. The Kier molecular flexibility index (Phi) is 2.41. The molecule has 0 spiro atoms. The van der Waals surface area contributed by atoms with E-state index in [0.717, 1.165) is 8.71 Å². The third-order valence-electron chi connectivity index (χ3n) is 1.55. The largest absolute Gasteiger partial charge is 0.230 e. The van der Waals surface area contributed by atoms with Crippen LogP contribution in [0.3, 0.4) is 0 Å². The van der Waals surface area contributed by atoms with Crippen molar-refractivity contribution in [3.05, 3.63) is 38.7 Å². The van der Waals surface area contributed by atoms with Gasteiger partial charge in [-0.2, -0.15) is 0 Å². The molecule has 12 heavy (non-hydrogen) atoms. The predicted octanol–water partition coefficient (Wildman–Crippen LogP) is 3.41. The molecule has 0 N–H and O–H groups in total. The Balaban J connectivity index is 2.45. The molecule has 3 heteroatoms. The lowest BCUT2D eigenvalue weighted by molar-refractivity contribution is 1.37. The van der Waals surface area contributed by atoms with E-state index < -0.39 is 0 Å². The van der Waals surface area contributed by atoms with Crippen LogP contribution in [0, 0.1) is 3.01 Å². The van der Waals surface area contributed by atoms with E-state index in [9.17, 15) is 0 Å². The first-order chi connectivity index (χ1) is 5.86. The highest BCUT2D eigenvalue weighted by Gasteiger charge is 1.99. The molecule has 1 aromatic heterocycles. The van der Waals surface area contributed by atoms with Gasteiger partial charge in [0, 0.05) is 10.9 Å². The van der Waals surface area contributed by atoms with Crippen LogP contribution in [-0.4, -0.2) is 4.98 Å². The summed E-state index contributed by atoms with van der Waals surface area (Å²) in [6.45, 7) is 0. The Morgan fingerprint density at radius 1 is 1.17 bits per heavy atom. The van der Waals surface area contributed by atoms with Crippen molar-refractivity contribution in [2.75, 3.05) is 0 Å². The second-order valence-corrected chi connectivity index (χ2v) is 4.96. The second kappa shape index (κ2) is 3.53. The Morgan fingerprint density at radius 3 is 2.50 bits per heavy atom. The minimum atomic E-state index is 1.07. The first-order valence-corrected chi connectivity index (χ1v) is 5.48. The van der Waals surface area contributed by atoms with Crippen molar-refractivity contribution in [1.82, 2.24) is 4.98 Å². The number of hydrogen-bond donors (Lipinski definition) is 0. The molecule has 0 atom stereocenters. The van der Waals surface area contributed by atoms with Gasteiger partial charge in [-0.05, 0) is 22.6 Å². The third kappa shape index (κ3) is 1.67. The fraction of sp³-hybridized carbons (Fsp3) is 0. The number of benzene rings is 1. The highest BCUT2D eigenvalue weighted by molar-refractivity contribution is 14.1. The van der Waals surface area contributed by atoms with Crippen LogP contribution in [0.4, 0.5) is 0 Å². The number of thiazole rings is 1. The smallest absolute Gasteiger partial charge is 0.154 e. The van der Waals surface area contributed by atoms with Gasteiger partial charge in [0.1, 0.15) is 0 Å². The molecule has 0 amide bonds. The third-order valence-corrected chi connectivity index (χ3v) is 3.18. The van der Waals surface area contributed by atoms with Crippen LogP contribution in [0.5, 0.6) is 0 Å². The van der Waals surface area contributed by atoms with Crippen LogP contribution in [0.25, 0.3) is 11.3 Å². The molecular weight excluding hydrogens is 281 g/mol. The van der Waals surface area contributed by atoms with Crippen LogP contribution in [0.1, 0.15) is 0 Å². The molecule has 2 aromatic rings. The maximum Gasteiger partial charge on any atom is 0.154 e. The lowest BCUT2D eigenvalue weighted by Gasteiger charge is -1.92. The maximum atomic E-state index is 4.39. The minimum absolute atomic E-state index is 1.07. The maximum absolute atomic E-state index is 4.39. The van der Waals surface area contributed by atoms with E-state index >= 15 is 0 Å². The first kappa shape index (κ1) is 8.19. The number of hydrogen-bond acceptors (Lipinski definition) is 2. The quantitative estimate of drug-likeness (QED) is 0.732. The van der Waals surface area contributed by atoms with Gasteiger partial charge in [0.15, 0.2) is 3.01 Å². The number of rotatable bonds is 1. The van der Waals surface area contributed by atoms with Crippen molar-refractivity contribution >= 4 is 33.9 Å². The zero-order valence-corrected chi connectivity index (χ0v) is 9.17. The van der Waals surface area contributed by atoms with Crippen LogP contribution < -0.4 is 0 Å². The van der Waals surface area contributed by atoms with E-state index in [1.165, 1.54) is 5.56 Å². The fourth-order valence-electron chi connectivity index (χ4n) is 0.993. The average molecular weight is 287 g/mol. The molecule has 0 unspecified atom stereocenters. The summed E-state index contributed by atoms with van der Waals surface area (Å²) in [4.78, 5) is 4.39. The molecule has 0 bridgehead atoms. The van der Waals surface area contributed by atoms with Crippen LogP contribution in [-0.2, 0) is 0 Å². The fourth-order valence-corrected chi connectivity index (χ4v) is 2.18. The zero-order valence-electron chi connectivity index (χ0n) is 6.20. The number of nitrogens with zero attached hydrogens (tertiary/aromatic N) is 1. The molecule has 0 aliphatic heterocycles. The van der Waals surface area contributed by atoms with Gasteiger partial charge in [-0.25, -0.2) is 4.98 Å². The van der Waals surface area contributed by atoms with Gasteiger partial charge in [0.05, 0.1) is 5.69 Å². The zero-order chi connectivity index (χ0) is 8.39. The molecule has 0 radical (unpaired) electrons. The summed E-state index contributed by atoms with van der Waals surface area (Å²) >= 11 is 3.91. The summed E-state index contributed by atoms with van der Waals surface area (Å²) < 4.78 is 1.09. The molecule has 60 valence electrons. The van der Waals surface area contributed by atoms with Gasteiger partial charge in [0.25, 0.3) is 0 Å². The standard InChI is InChI=1S/C9H6INS/c10-9-11-8(6-12-9)7-4-2-1-3-5-7/h1-6H. The molecule has 1 nitrogen and oxygen atoms in total. The minimum Gasteiger partial charge on any atom is -0.230 e. The van der Waals surface area contributed by atoms with Crippen molar-refractivity contribution in [2.45, 2.75) is 0 Å². The summed E-state index contributed by atoms with van der Waals surface area (Å²) in [6, 6.07) is 10.2. The van der Waals surface area contributed by atoms with Crippen molar-refractivity contribution in [2.24, 2.45) is 0 Å². The molecule has 0 aliphatic carbocycles. The summed E-state index contributed by atoms with van der Waals surface area (Å²) in [5.41, 5.74) is 2.27. The molecule has 0 aliphatic rings. The molecule has 0 fully saturated rings. The Morgan fingerprint density at radius 2 is 1.92 bits per heavy atom. The average Bonchev–Trinajstić information content (AvgIpc) is 2.54. The van der Waals surface area contributed by atoms with E-state index in [0.29, 0.717) is 0 Å². The van der Waals surface area contributed by atoms with Crippen LogP contribution in [0.2, 0.25) is 0 Å². The Hall–Kier alpha value is -0.420. The van der Waals surface area contributed by atoms with Crippen molar-refractivity contribution < 1.29 is 0 Å². The van der Waals surface area contributed by atoms with E-state index in [4.69, 9.17) is 0 Å². The van der Waals surface area contributed by atoms with Crippen molar-refractivity contribution in [3.8, 4) is 11.3 Å². The summed E-state index contributed by atoms with van der Waals surface area (Å²) in [6.07, 6.45) is 0. The molecule has 1 aromatic carbocycles. The molecular formula is C9H6INS. The number of aromatic nitrogens is 1. The summed E-state index contributed by atoms with van der Waals surface area (Å²) in [5, 5.41) is 2.08. The van der Waals surface area contributed by atoms with E-state index in [-0.39, 0.29) is 0 Å². The van der Waals surface area contributed by atoms with Gasteiger partial charge < -0.3 is 0 Å². The first-order valence-electron chi connectivity index (χ1n) is 3.53. The molecule has 1 heterocycles. The van der Waals surface area contributed by atoms with Crippen molar-refractivity contribution in [3.63, 3.8) is 0 Å².